The SMILES string of the molecule is COc1cc(NC2CCC(C)(C)CC2)cc(OC)c1. The van der Waals surface area contributed by atoms with E-state index in [1.807, 2.05) is 18.2 Å². The van der Waals surface area contributed by atoms with E-state index in [1.54, 1.807) is 14.2 Å². The van der Waals surface area contributed by atoms with Gasteiger partial charge in [-0.1, -0.05) is 13.8 Å². The lowest BCUT2D eigenvalue weighted by molar-refractivity contribution is 0.232. The van der Waals surface area contributed by atoms with Crippen LogP contribution >= 0.6 is 0 Å². The van der Waals surface area contributed by atoms with Crippen LogP contribution in [0.1, 0.15) is 39.5 Å². The first-order valence-corrected chi connectivity index (χ1v) is 7.02. The summed E-state index contributed by atoms with van der Waals surface area (Å²) in [5.41, 5.74) is 1.59. The quantitative estimate of drug-likeness (QED) is 0.887. The molecule has 1 saturated carbocycles. The molecule has 1 N–H and O–H groups in total. The third kappa shape index (κ3) is 3.79. The lowest BCUT2D eigenvalue weighted by atomic mass is 9.75. The highest BCUT2D eigenvalue weighted by Crippen LogP contribution is 2.36. The summed E-state index contributed by atoms with van der Waals surface area (Å²) < 4.78 is 10.6. The molecule has 0 bridgehead atoms. The van der Waals surface area contributed by atoms with Gasteiger partial charge in [0.05, 0.1) is 14.2 Å². The number of nitrogens with one attached hydrogen (secondary N) is 1. The maximum absolute atomic E-state index is 5.30. The van der Waals surface area contributed by atoms with Gasteiger partial charge in [0.1, 0.15) is 11.5 Å². The largest absolute Gasteiger partial charge is 0.497 e. The van der Waals surface area contributed by atoms with Gasteiger partial charge in [-0.15, -0.1) is 0 Å². The molecule has 3 nitrogen and oxygen atoms in total. The number of methoxy groups -OCH3 is 2. The zero-order valence-electron chi connectivity index (χ0n) is 12.5. The van der Waals surface area contributed by atoms with Crippen LogP contribution in [0.4, 0.5) is 5.69 Å². The van der Waals surface area contributed by atoms with Gasteiger partial charge in [0.15, 0.2) is 0 Å². The van der Waals surface area contributed by atoms with Crippen LogP contribution < -0.4 is 14.8 Å². The van der Waals surface area contributed by atoms with E-state index in [2.05, 4.69) is 19.2 Å². The molecule has 3 heteroatoms. The van der Waals surface area contributed by atoms with Gasteiger partial charge in [-0.25, -0.2) is 0 Å². The minimum Gasteiger partial charge on any atom is -0.497 e. The lowest BCUT2D eigenvalue weighted by Crippen LogP contribution is -2.29. The summed E-state index contributed by atoms with van der Waals surface area (Å²) in [6, 6.07) is 6.52. The molecular weight excluding hydrogens is 238 g/mol. The first-order chi connectivity index (χ1) is 9.02. The fourth-order valence-corrected chi connectivity index (χ4v) is 2.67. The summed E-state index contributed by atoms with van der Waals surface area (Å²) in [5, 5.41) is 3.61. The predicted octanol–water partition coefficient (Wildman–Crippen LogP) is 4.08. The van der Waals surface area contributed by atoms with E-state index in [-0.39, 0.29) is 0 Å². The third-order valence-corrected chi connectivity index (χ3v) is 4.06. The highest BCUT2D eigenvalue weighted by molar-refractivity contribution is 5.54. The van der Waals surface area contributed by atoms with E-state index in [0.717, 1.165) is 17.2 Å². The maximum Gasteiger partial charge on any atom is 0.124 e. The highest BCUT2D eigenvalue weighted by Gasteiger charge is 2.26. The predicted molar refractivity (Wildman–Crippen MR) is 79.2 cm³/mol. The first kappa shape index (κ1) is 14.0. The zero-order chi connectivity index (χ0) is 13.9. The monoisotopic (exact) mass is 263 g/mol. The smallest absolute Gasteiger partial charge is 0.124 e. The van der Waals surface area contributed by atoms with Crippen molar-refractivity contribution in [1.82, 2.24) is 0 Å². The highest BCUT2D eigenvalue weighted by atomic mass is 16.5. The first-order valence-electron chi connectivity index (χ1n) is 7.02. The molecule has 19 heavy (non-hydrogen) atoms. The second-order valence-corrected chi connectivity index (χ2v) is 6.18. The normalized spacial score (nSPS) is 18.9. The van der Waals surface area contributed by atoms with E-state index in [0.29, 0.717) is 11.5 Å². The number of anilines is 1. The van der Waals surface area contributed by atoms with Crippen molar-refractivity contribution in [3.63, 3.8) is 0 Å². The molecule has 0 amide bonds. The van der Waals surface area contributed by atoms with Gasteiger partial charge in [-0.2, -0.15) is 0 Å². The summed E-state index contributed by atoms with van der Waals surface area (Å²) in [6.07, 6.45) is 5.02. The summed E-state index contributed by atoms with van der Waals surface area (Å²) >= 11 is 0. The van der Waals surface area contributed by atoms with Crippen LogP contribution in [-0.2, 0) is 0 Å². The van der Waals surface area contributed by atoms with Crippen LogP contribution in [0, 0.1) is 5.41 Å². The van der Waals surface area contributed by atoms with Crippen molar-refractivity contribution in [2.24, 2.45) is 5.41 Å². The van der Waals surface area contributed by atoms with Crippen molar-refractivity contribution in [2.75, 3.05) is 19.5 Å². The molecule has 0 saturated heterocycles. The Balaban J connectivity index is 2.03. The maximum atomic E-state index is 5.30. The van der Waals surface area contributed by atoms with Gasteiger partial charge in [0.2, 0.25) is 0 Å². The Bertz CT molecular complexity index is 397. The molecule has 1 aliphatic carbocycles. The molecule has 0 radical (unpaired) electrons. The van der Waals surface area contributed by atoms with Crippen molar-refractivity contribution in [3.8, 4) is 11.5 Å². The van der Waals surface area contributed by atoms with Crippen molar-refractivity contribution in [1.29, 1.82) is 0 Å². The van der Waals surface area contributed by atoms with Gasteiger partial charge in [-0.05, 0) is 31.1 Å². The second kappa shape index (κ2) is 5.72. The van der Waals surface area contributed by atoms with Crippen molar-refractivity contribution >= 4 is 5.69 Å². The lowest BCUT2D eigenvalue weighted by Gasteiger charge is -2.35. The van der Waals surface area contributed by atoms with E-state index in [9.17, 15) is 0 Å². The number of hydrogen-bond acceptors (Lipinski definition) is 3. The molecule has 106 valence electrons. The molecule has 0 aliphatic heterocycles. The molecule has 0 atom stereocenters. The summed E-state index contributed by atoms with van der Waals surface area (Å²) in [5.74, 6) is 1.66. The molecule has 0 aromatic heterocycles. The third-order valence-electron chi connectivity index (χ3n) is 4.06. The molecule has 0 heterocycles. The number of hydrogen-bond donors (Lipinski definition) is 1. The Morgan fingerprint density at radius 3 is 2.00 bits per heavy atom. The molecule has 1 aromatic carbocycles. The molecule has 0 spiro atoms. The van der Waals surface area contributed by atoms with Gasteiger partial charge in [0, 0.05) is 29.9 Å². The van der Waals surface area contributed by atoms with Crippen molar-refractivity contribution < 1.29 is 9.47 Å². The van der Waals surface area contributed by atoms with Gasteiger partial charge in [0.25, 0.3) is 0 Å². The Labute approximate surface area is 116 Å². The number of rotatable bonds is 4. The minimum absolute atomic E-state index is 0.504. The molecule has 1 aromatic rings. The van der Waals surface area contributed by atoms with Crippen LogP contribution in [-0.4, -0.2) is 20.3 Å². The van der Waals surface area contributed by atoms with E-state index >= 15 is 0 Å². The van der Waals surface area contributed by atoms with Crippen molar-refractivity contribution in [3.05, 3.63) is 18.2 Å². The van der Waals surface area contributed by atoms with E-state index < -0.39 is 0 Å². The van der Waals surface area contributed by atoms with Crippen LogP contribution in [0.25, 0.3) is 0 Å². The standard InChI is InChI=1S/C16H25NO2/c1-16(2)7-5-12(6-8-16)17-13-9-14(18-3)11-15(10-13)19-4/h9-12,17H,5-8H2,1-4H3. The Kier molecular flexibility index (Phi) is 4.23. The van der Waals surface area contributed by atoms with Crippen LogP contribution in [0.2, 0.25) is 0 Å². The Hall–Kier alpha value is -1.38. The average Bonchev–Trinajstić information content (AvgIpc) is 2.40. The van der Waals surface area contributed by atoms with Gasteiger partial charge < -0.3 is 14.8 Å². The number of benzene rings is 1. The van der Waals surface area contributed by atoms with Crippen LogP contribution in [0.3, 0.4) is 0 Å². The fourth-order valence-electron chi connectivity index (χ4n) is 2.67. The van der Waals surface area contributed by atoms with Crippen molar-refractivity contribution in [2.45, 2.75) is 45.6 Å². The summed E-state index contributed by atoms with van der Waals surface area (Å²) in [7, 11) is 3.36. The molecule has 0 unspecified atom stereocenters. The average molecular weight is 263 g/mol. The second-order valence-electron chi connectivity index (χ2n) is 6.18. The van der Waals surface area contributed by atoms with Gasteiger partial charge >= 0.3 is 0 Å². The molecule has 1 aliphatic rings. The minimum atomic E-state index is 0.504. The number of ether oxygens (including phenoxy) is 2. The summed E-state index contributed by atoms with van der Waals surface area (Å²) in [6.45, 7) is 4.72. The van der Waals surface area contributed by atoms with Crippen LogP contribution in [0.15, 0.2) is 18.2 Å². The molecular formula is C16H25NO2. The van der Waals surface area contributed by atoms with Gasteiger partial charge in [-0.3, -0.25) is 0 Å². The topological polar surface area (TPSA) is 30.5 Å². The van der Waals surface area contributed by atoms with E-state index in [1.165, 1.54) is 25.7 Å². The Morgan fingerprint density at radius 2 is 1.53 bits per heavy atom. The van der Waals surface area contributed by atoms with Crippen LogP contribution in [0.5, 0.6) is 11.5 Å². The summed E-state index contributed by atoms with van der Waals surface area (Å²) in [4.78, 5) is 0. The molecule has 1 fully saturated rings. The Morgan fingerprint density at radius 1 is 1.00 bits per heavy atom. The zero-order valence-corrected chi connectivity index (χ0v) is 12.5. The fraction of sp³-hybridized carbons (Fsp3) is 0.625. The molecule has 2 rings (SSSR count). The van der Waals surface area contributed by atoms with E-state index in [4.69, 9.17) is 9.47 Å².